The fourth-order valence-corrected chi connectivity index (χ4v) is 3.43. The van der Waals surface area contributed by atoms with E-state index >= 15 is 0 Å². The summed E-state index contributed by atoms with van der Waals surface area (Å²) in [5.74, 6) is 0.980. The number of rotatable bonds is 3. The molecule has 0 N–H and O–H groups in total. The number of anilines is 1. The average molecular weight is 363 g/mol. The minimum atomic E-state index is -4.55. The second-order valence-corrected chi connectivity index (χ2v) is 6.81. The van der Waals surface area contributed by atoms with Crippen molar-refractivity contribution >= 4 is 5.69 Å². The number of benzene rings is 1. The van der Waals surface area contributed by atoms with Crippen LogP contribution in [0.3, 0.4) is 0 Å². The first-order valence-corrected chi connectivity index (χ1v) is 8.57. The molecule has 0 bridgehead atoms. The van der Waals surface area contributed by atoms with Gasteiger partial charge in [-0.1, -0.05) is 0 Å². The van der Waals surface area contributed by atoms with Crippen molar-refractivity contribution in [3.63, 3.8) is 0 Å². The van der Waals surface area contributed by atoms with Crippen LogP contribution in [0.1, 0.15) is 55.6 Å². The predicted molar refractivity (Wildman–Crippen MR) is 90.8 cm³/mol. The minimum absolute atomic E-state index is 0.110. The van der Waals surface area contributed by atoms with E-state index < -0.39 is 11.7 Å². The first-order chi connectivity index (χ1) is 12.3. The maximum atomic E-state index is 13.2. The van der Waals surface area contributed by atoms with Gasteiger partial charge in [0, 0.05) is 30.7 Å². The lowest BCUT2D eigenvalue weighted by molar-refractivity contribution is -0.137. The number of hydrogen-bond acceptors (Lipinski definition) is 4. The molecule has 1 saturated heterocycles. The second kappa shape index (κ2) is 6.98. The molecular formula is C18H20F3N5. The van der Waals surface area contributed by atoms with Crippen LogP contribution in [-0.2, 0) is 6.18 Å². The van der Waals surface area contributed by atoms with Crippen molar-refractivity contribution in [1.29, 1.82) is 5.26 Å². The molecule has 3 rings (SSSR count). The molecule has 0 spiro atoms. The molecule has 2 heterocycles. The fourth-order valence-electron chi connectivity index (χ4n) is 3.43. The summed E-state index contributed by atoms with van der Waals surface area (Å²) in [5, 5.41) is 17.2. The summed E-state index contributed by atoms with van der Waals surface area (Å²) in [7, 11) is 0. The molecule has 0 radical (unpaired) electrons. The topological polar surface area (TPSA) is 57.7 Å². The van der Waals surface area contributed by atoms with Gasteiger partial charge in [-0.25, -0.2) is 0 Å². The van der Waals surface area contributed by atoms with Gasteiger partial charge in [-0.05, 0) is 44.9 Å². The highest BCUT2D eigenvalue weighted by molar-refractivity contribution is 5.55. The third-order valence-electron chi connectivity index (χ3n) is 4.74. The molecule has 1 unspecified atom stereocenters. The number of halogens is 3. The lowest BCUT2D eigenvalue weighted by Crippen LogP contribution is -2.35. The van der Waals surface area contributed by atoms with Gasteiger partial charge in [-0.15, -0.1) is 10.2 Å². The predicted octanol–water partition coefficient (Wildman–Crippen LogP) is 4.13. The highest BCUT2D eigenvalue weighted by Gasteiger charge is 2.35. The van der Waals surface area contributed by atoms with Gasteiger partial charge in [0.05, 0.1) is 17.2 Å². The molecule has 0 saturated carbocycles. The largest absolute Gasteiger partial charge is 0.417 e. The van der Waals surface area contributed by atoms with Crippen molar-refractivity contribution in [3.8, 4) is 6.07 Å². The van der Waals surface area contributed by atoms with E-state index in [1.165, 1.54) is 6.07 Å². The summed E-state index contributed by atoms with van der Waals surface area (Å²) in [6, 6.07) is 5.76. The van der Waals surface area contributed by atoms with E-state index in [4.69, 9.17) is 5.26 Å². The first kappa shape index (κ1) is 18.2. The summed E-state index contributed by atoms with van der Waals surface area (Å²) in [6.07, 6.45) is -1.07. The maximum absolute atomic E-state index is 13.2. The zero-order valence-corrected chi connectivity index (χ0v) is 14.7. The number of nitriles is 1. The number of hydrogen-bond donors (Lipinski definition) is 0. The Balaban J connectivity index is 1.89. The van der Waals surface area contributed by atoms with Crippen molar-refractivity contribution in [2.24, 2.45) is 0 Å². The Morgan fingerprint density at radius 3 is 2.73 bits per heavy atom. The lowest BCUT2D eigenvalue weighted by atomic mass is 9.95. The number of nitrogens with zero attached hydrogens (tertiary/aromatic N) is 5. The van der Waals surface area contributed by atoms with Crippen LogP contribution in [0.15, 0.2) is 24.5 Å². The van der Waals surface area contributed by atoms with Gasteiger partial charge in [0.15, 0.2) is 0 Å². The Kier molecular flexibility index (Phi) is 4.90. The number of alkyl halides is 3. The molecule has 8 heteroatoms. The maximum Gasteiger partial charge on any atom is 0.417 e. The quantitative estimate of drug-likeness (QED) is 0.823. The van der Waals surface area contributed by atoms with Crippen molar-refractivity contribution in [3.05, 3.63) is 41.5 Å². The Labute approximate surface area is 150 Å². The first-order valence-electron chi connectivity index (χ1n) is 8.57. The standard InChI is InChI=1S/C18H20F3N5/c1-12(2)26-11-23-24-17(26)14-4-3-7-25(10-14)15-6-5-13(9-22)16(8-15)18(19,20)21/h5-6,8,11-12,14H,3-4,7,10H2,1-2H3. The summed E-state index contributed by atoms with van der Waals surface area (Å²) < 4.78 is 41.7. The molecule has 138 valence electrons. The number of aromatic nitrogens is 3. The van der Waals surface area contributed by atoms with Crippen LogP contribution >= 0.6 is 0 Å². The van der Waals surface area contributed by atoms with Crippen molar-refractivity contribution in [2.45, 2.75) is 44.8 Å². The zero-order valence-electron chi connectivity index (χ0n) is 14.7. The Bertz CT molecular complexity index is 819. The van der Waals surface area contributed by atoms with Gasteiger partial charge in [0.2, 0.25) is 0 Å². The molecule has 1 aliphatic heterocycles. The smallest absolute Gasteiger partial charge is 0.371 e. The van der Waals surface area contributed by atoms with Crippen molar-refractivity contribution in [1.82, 2.24) is 14.8 Å². The normalized spacial score (nSPS) is 18.2. The molecule has 5 nitrogen and oxygen atoms in total. The van der Waals surface area contributed by atoms with E-state index in [9.17, 15) is 13.2 Å². The van der Waals surface area contributed by atoms with Gasteiger partial charge in [0.1, 0.15) is 12.2 Å². The van der Waals surface area contributed by atoms with Gasteiger partial charge in [0.25, 0.3) is 0 Å². The van der Waals surface area contributed by atoms with E-state index in [2.05, 4.69) is 10.2 Å². The average Bonchev–Trinajstić information content (AvgIpc) is 3.10. The van der Waals surface area contributed by atoms with Crippen LogP contribution in [-0.4, -0.2) is 27.9 Å². The Hall–Kier alpha value is -2.56. The molecule has 1 aromatic carbocycles. The molecular weight excluding hydrogens is 343 g/mol. The second-order valence-electron chi connectivity index (χ2n) is 6.81. The molecule has 1 aliphatic rings. The van der Waals surface area contributed by atoms with Crippen LogP contribution in [0.4, 0.5) is 18.9 Å². The van der Waals surface area contributed by atoms with Crippen LogP contribution in [0, 0.1) is 11.3 Å². The highest BCUT2D eigenvalue weighted by atomic mass is 19.4. The molecule has 1 fully saturated rings. The summed E-state index contributed by atoms with van der Waals surface area (Å²) in [5.41, 5.74) is -0.754. The van der Waals surface area contributed by atoms with E-state index in [0.717, 1.165) is 24.7 Å². The summed E-state index contributed by atoms with van der Waals surface area (Å²) in [6.45, 7) is 5.34. The van der Waals surface area contributed by atoms with E-state index in [1.807, 2.05) is 23.3 Å². The zero-order chi connectivity index (χ0) is 18.9. The molecule has 2 aromatic rings. The monoisotopic (exact) mass is 363 g/mol. The van der Waals surface area contributed by atoms with Gasteiger partial charge in [-0.2, -0.15) is 18.4 Å². The fraction of sp³-hybridized carbons (Fsp3) is 0.500. The van der Waals surface area contributed by atoms with Gasteiger partial charge in [-0.3, -0.25) is 0 Å². The van der Waals surface area contributed by atoms with Crippen LogP contribution < -0.4 is 4.90 Å². The van der Waals surface area contributed by atoms with Crippen LogP contribution in [0.5, 0.6) is 0 Å². The number of piperidine rings is 1. The van der Waals surface area contributed by atoms with Crippen LogP contribution in [0.2, 0.25) is 0 Å². The molecule has 1 aromatic heterocycles. The summed E-state index contributed by atoms with van der Waals surface area (Å²) in [4.78, 5) is 1.93. The Morgan fingerprint density at radius 1 is 1.31 bits per heavy atom. The highest BCUT2D eigenvalue weighted by Crippen LogP contribution is 2.36. The molecule has 1 atom stereocenters. The van der Waals surface area contributed by atoms with Crippen molar-refractivity contribution in [2.75, 3.05) is 18.0 Å². The van der Waals surface area contributed by atoms with Gasteiger partial charge < -0.3 is 9.47 Å². The van der Waals surface area contributed by atoms with E-state index in [-0.39, 0.29) is 17.5 Å². The molecule has 26 heavy (non-hydrogen) atoms. The van der Waals surface area contributed by atoms with E-state index in [1.54, 1.807) is 18.5 Å². The van der Waals surface area contributed by atoms with Crippen LogP contribution in [0.25, 0.3) is 0 Å². The van der Waals surface area contributed by atoms with Crippen molar-refractivity contribution < 1.29 is 13.2 Å². The third kappa shape index (κ3) is 3.52. The molecule has 0 aliphatic carbocycles. The van der Waals surface area contributed by atoms with Gasteiger partial charge >= 0.3 is 6.18 Å². The molecule has 0 amide bonds. The SMILES string of the molecule is CC(C)n1cnnc1C1CCCN(c2ccc(C#N)c(C(F)(F)F)c2)C1. The van der Waals surface area contributed by atoms with E-state index in [0.29, 0.717) is 18.8 Å². The Morgan fingerprint density at radius 2 is 2.08 bits per heavy atom. The third-order valence-corrected chi connectivity index (χ3v) is 4.74. The minimum Gasteiger partial charge on any atom is -0.371 e. The lowest BCUT2D eigenvalue weighted by Gasteiger charge is -2.34. The summed E-state index contributed by atoms with van der Waals surface area (Å²) >= 11 is 0.